The molecule has 1 saturated heterocycles. The van der Waals surface area contributed by atoms with Crippen LogP contribution in [0.1, 0.15) is 16.8 Å². The fourth-order valence-electron chi connectivity index (χ4n) is 3.82. The minimum atomic E-state index is -0.242. The number of piperazine rings is 1. The van der Waals surface area contributed by atoms with E-state index >= 15 is 0 Å². The maximum Gasteiger partial charge on any atom is 0.251 e. The van der Waals surface area contributed by atoms with Gasteiger partial charge in [-0.15, -0.1) is 0 Å². The molecule has 7 nitrogen and oxygen atoms in total. The summed E-state index contributed by atoms with van der Waals surface area (Å²) in [6.07, 6.45) is 0.134. The SMILES string of the molecule is COc1cccc(CSc2nc(CC(=O)N3CCN(Cc4ccccc4)CC3)cc(=O)[nH]2)c1. The summed E-state index contributed by atoms with van der Waals surface area (Å²) >= 11 is 1.43. The van der Waals surface area contributed by atoms with E-state index in [0.29, 0.717) is 29.7 Å². The molecule has 1 aliphatic rings. The smallest absolute Gasteiger partial charge is 0.251 e. The molecule has 0 spiro atoms. The predicted molar refractivity (Wildman–Crippen MR) is 129 cm³/mol. The number of methoxy groups -OCH3 is 1. The highest BCUT2D eigenvalue weighted by molar-refractivity contribution is 7.98. The highest BCUT2D eigenvalue weighted by Crippen LogP contribution is 2.21. The molecule has 4 rings (SSSR count). The molecule has 1 amide bonds. The predicted octanol–water partition coefficient (Wildman–Crippen LogP) is 2.96. The molecule has 0 atom stereocenters. The number of benzene rings is 2. The summed E-state index contributed by atoms with van der Waals surface area (Å²) in [5.41, 5.74) is 2.61. The first-order valence-electron chi connectivity index (χ1n) is 11.0. The average molecular weight is 465 g/mol. The second-order valence-electron chi connectivity index (χ2n) is 8.00. The van der Waals surface area contributed by atoms with Gasteiger partial charge in [0.05, 0.1) is 19.2 Å². The van der Waals surface area contributed by atoms with Crippen LogP contribution in [0.25, 0.3) is 0 Å². The Kier molecular flexibility index (Phi) is 7.80. The highest BCUT2D eigenvalue weighted by Gasteiger charge is 2.22. The molecule has 1 aromatic heterocycles. The first kappa shape index (κ1) is 23.1. The minimum Gasteiger partial charge on any atom is -0.497 e. The van der Waals surface area contributed by atoms with Crippen molar-refractivity contribution in [2.45, 2.75) is 23.9 Å². The molecule has 172 valence electrons. The second kappa shape index (κ2) is 11.2. The maximum absolute atomic E-state index is 12.8. The topological polar surface area (TPSA) is 78.5 Å². The van der Waals surface area contributed by atoms with Crippen LogP contribution in [-0.2, 0) is 23.5 Å². The summed E-state index contributed by atoms with van der Waals surface area (Å²) in [7, 11) is 1.63. The third-order valence-electron chi connectivity index (χ3n) is 5.59. The lowest BCUT2D eigenvalue weighted by atomic mass is 10.2. The van der Waals surface area contributed by atoms with Crippen molar-refractivity contribution in [2.24, 2.45) is 0 Å². The van der Waals surface area contributed by atoms with Crippen molar-refractivity contribution < 1.29 is 9.53 Å². The number of carbonyl (C=O) groups excluding carboxylic acids is 1. The molecular weight excluding hydrogens is 436 g/mol. The Labute approximate surface area is 197 Å². The number of amides is 1. The largest absolute Gasteiger partial charge is 0.497 e. The van der Waals surface area contributed by atoms with Gasteiger partial charge in [-0.1, -0.05) is 54.2 Å². The molecule has 1 N–H and O–H groups in total. The molecule has 33 heavy (non-hydrogen) atoms. The number of ether oxygens (including phenoxy) is 1. The van der Waals surface area contributed by atoms with Crippen molar-refractivity contribution in [2.75, 3.05) is 33.3 Å². The van der Waals surface area contributed by atoms with E-state index in [2.05, 4.69) is 27.0 Å². The number of nitrogens with one attached hydrogen (secondary N) is 1. The Balaban J connectivity index is 1.31. The molecule has 3 aromatic rings. The van der Waals surface area contributed by atoms with E-state index in [1.807, 2.05) is 47.4 Å². The summed E-state index contributed by atoms with van der Waals surface area (Å²) in [6, 6.07) is 19.6. The van der Waals surface area contributed by atoms with Gasteiger partial charge in [0.2, 0.25) is 5.91 Å². The van der Waals surface area contributed by atoms with E-state index in [-0.39, 0.29) is 17.9 Å². The minimum absolute atomic E-state index is 0.0104. The van der Waals surface area contributed by atoms with Crippen LogP contribution in [0.15, 0.2) is 70.6 Å². The van der Waals surface area contributed by atoms with E-state index < -0.39 is 0 Å². The van der Waals surface area contributed by atoms with E-state index in [1.54, 1.807) is 7.11 Å². The van der Waals surface area contributed by atoms with Crippen molar-refractivity contribution in [3.8, 4) is 5.75 Å². The first-order chi connectivity index (χ1) is 16.1. The van der Waals surface area contributed by atoms with Crippen LogP contribution in [-0.4, -0.2) is 59.0 Å². The van der Waals surface area contributed by atoms with Crippen LogP contribution in [0, 0.1) is 0 Å². The maximum atomic E-state index is 12.8. The molecule has 0 saturated carbocycles. The zero-order valence-corrected chi connectivity index (χ0v) is 19.5. The fourth-order valence-corrected chi connectivity index (χ4v) is 4.66. The van der Waals surface area contributed by atoms with Gasteiger partial charge in [0.25, 0.3) is 5.56 Å². The van der Waals surface area contributed by atoms with Gasteiger partial charge in [-0.05, 0) is 23.3 Å². The van der Waals surface area contributed by atoms with E-state index in [4.69, 9.17) is 4.74 Å². The van der Waals surface area contributed by atoms with Gasteiger partial charge in [-0.2, -0.15) is 0 Å². The van der Waals surface area contributed by atoms with Crippen molar-refractivity contribution in [1.82, 2.24) is 19.8 Å². The quantitative estimate of drug-likeness (QED) is 0.408. The number of nitrogens with zero attached hydrogens (tertiary/aromatic N) is 3. The van der Waals surface area contributed by atoms with Gasteiger partial charge < -0.3 is 14.6 Å². The van der Waals surface area contributed by atoms with Crippen LogP contribution >= 0.6 is 11.8 Å². The normalized spacial score (nSPS) is 14.3. The van der Waals surface area contributed by atoms with Crippen molar-refractivity contribution in [3.05, 3.63) is 87.8 Å². The van der Waals surface area contributed by atoms with Gasteiger partial charge in [0.15, 0.2) is 5.16 Å². The lowest BCUT2D eigenvalue weighted by Gasteiger charge is -2.34. The Hall–Kier alpha value is -3.10. The van der Waals surface area contributed by atoms with E-state index in [0.717, 1.165) is 30.9 Å². The van der Waals surface area contributed by atoms with Crippen molar-refractivity contribution >= 4 is 17.7 Å². The van der Waals surface area contributed by atoms with E-state index in [1.165, 1.54) is 23.4 Å². The molecule has 2 aromatic carbocycles. The van der Waals surface area contributed by atoms with Crippen LogP contribution in [0.5, 0.6) is 5.75 Å². The van der Waals surface area contributed by atoms with Crippen molar-refractivity contribution in [3.63, 3.8) is 0 Å². The number of thioether (sulfide) groups is 1. The number of aromatic amines is 1. The molecular formula is C25H28N4O3S. The number of hydrogen-bond acceptors (Lipinski definition) is 6. The number of carbonyl (C=O) groups is 1. The number of hydrogen-bond donors (Lipinski definition) is 1. The Morgan fingerprint density at radius 1 is 1.03 bits per heavy atom. The molecule has 2 heterocycles. The molecule has 1 fully saturated rings. The Bertz CT molecular complexity index is 1130. The second-order valence-corrected chi connectivity index (χ2v) is 8.97. The number of rotatable bonds is 8. The zero-order valence-electron chi connectivity index (χ0n) is 18.7. The molecule has 0 bridgehead atoms. The molecule has 8 heteroatoms. The summed E-state index contributed by atoms with van der Waals surface area (Å²) in [6.45, 7) is 3.95. The third-order valence-corrected chi connectivity index (χ3v) is 6.53. The standard InChI is InChI=1S/C25H28N4O3S/c1-32-22-9-5-8-20(14-22)18-33-25-26-21(15-23(30)27-25)16-24(31)29-12-10-28(11-13-29)17-19-6-3-2-4-7-19/h2-9,14-15H,10-13,16-18H2,1H3,(H,26,27,30). The van der Waals surface area contributed by atoms with Gasteiger partial charge in [0.1, 0.15) is 5.75 Å². The Morgan fingerprint density at radius 2 is 1.79 bits per heavy atom. The van der Waals surface area contributed by atoms with Crippen LogP contribution in [0.3, 0.4) is 0 Å². The average Bonchev–Trinajstić information content (AvgIpc) is 2.83. The lowest BCUT2D eigenvalue weighted by molar-refractivity contribution is -0.132. The van der Waals surface area contributed by atoms with Gasteiger partial charge in [-0.3, -0.25) is 14.5 Å². The van der Waals surface area contributed by atoms with Gasteiger partial charge in [-0.25, -0.2) is 4.98 Å². The molecule has 1 aliphatic heterocycles. The monoisotopic (exact) mass is 464 g/mol. The fraction of sp³-hybridized carbons (Fsp3) is 0.320. The van der Waals surface area contributed by atoms with Gasteiger partial charge in [0, 0.05) is 44.5 Å². The van der Waals surface area contributed by atoms with Gasteiger partial charge >= 0.3 is 0 Å². The summed E-state index contributed by atoms with van der Waals surface area (Å²) < 4.78 is 5.25. The summed E-state index contributed by atoms with van der Waals surface area (Å²) in [4.78, 5) is 36.5. The van der Waals surface area contributed by atoms with Crippen LogP contribution in [0.4, 0.5) is 0 Å². The zero-order chi connectivity index (χ0) is 23.0. The summed E-state index contributed by atoms with van der Waals surface area (Å²) in [5.74, 6) is 1.44. The molecule has 0 unspecified atom stereocenters. The number of aromatic nitrogens is 2. The lowest BCUT2D eigenvalue weighted by Crippen LogP contribution is -2.48. The summed E-state index contributed by atoms with van der Waals surface area (Å²) in [5, 5.41) is 0.515. The number of H-pyrrole nitrogens is 1. The van der Waals surface area contributed by atoms with Crippen LogP contribution in [0.2, 0.25) is 0 Å². The third kappa shape index (κ3) is 6.69. The Morgan fingerprint density at radius 3 is 2.55 bits per heavy atom. The van der Waals surface area contributed by atoms with E-state index in [9.17, 15) is 9.59 Å². The van der Waals surface area contributed by atoms with Crippen LogP contribution < -0.4 is 10.3 Å². The molecule has 0 radical (unpaired) electrons. The first-order valence-corrected chi connectivity index (χ1v) is 12.0. The molecule has 0 aliphatic carbocycles. The highest BCUT2D eigenvalue weighted by atomic mass is 32.2. The van der Waals surface area contributed by atoms with Crippen molar-refractivity contribution in [1.29, 1.82) is 0 Å².